The molecular formula is C10H14N2O. The van der Waals surface area contributed by atoms with Crippen molar-refractivity contribution in [3.8, 4) is 0 Å². The molecule has 0 bridgehead atoms. The number of nitrogens with one attached hydrogen (secondary N) is 1. The van der Waals surface area contributed by atoms with Crippen LogP contribution in [0.15, 0.2) is 24.3 Å². The summed E-state index contributed by atoms with van der Waals surface area (Å²) in [6.07, 6.45) is 1.00. The smallest absolute Gasteiger partial charge is 0.312 e. The lowest BCUT2D eigenvalue weighted by Crippen LogP contribution is -2.28. The van der Waals surface area contributed by atoms with Crippen LogP contribution in [0.5, 0.6) is 0 Å². The molecule has 0 heterocycles. The standard InChI is InChI=1S/C10H14N2O/c1-2-8-4-3-5-9(6-8)7-12-10(11)13/h3-6H,2,7H2,1H3,(H3,11,12,13). The van der Waals surface area contributed by atoms with Crippen molar-refractivity contribution in [2.24, 2.45) is 5.73 Å². The first kappa shape index (κ1) is 9.58. The largest absolute Gasteiger partial charge is 0.352 e. The summed E-state index contributed by atoms with van der Waals surface area (Å²) in [5.74, 6) is 0. The van der Waals surface area contributed by atoms with Gasteiger partial charge in [-0.15, -0.1) is 0 Å². The molecule has 0 aromatic heterocycles. The number of aryl methyl sites for hydroxylation is 1. The van der Waals surface area contributed by atoms with E-state index in [9.17, 15) is 4.79 Å². The zero-order chi connectivity index (χ0) is 9.68. The molecule has 0 aliphatic heterocycles. The van der Waals surface area contributed by atoms with Gasteiger partial charge in [-0.2, -0.15) is 0 Å². The molecule has 1 rings (SSSR count). The number of carbonyl (C=O) groups is 1. The predicted octanol–water partition coefficient (Wildman–Crippen LogP) is 1.42. The highest BCUT2D eigenvalue weighted by Gasteiger charge is 1.95. The molecule has 70 valence electrons. The fraction of sp³-hybridized carbons (Fsp3) is 0.300. The van der Waals surface area contributed by atoms with Crippen molar-refractivity contribution in [2.45, 2.75) is 19.9 Å². The van der Waals surface area contributed by atoms with Gasteiger partial charge in [0.05, 0.1) is 0 Å². The minimum atomic E-state index is -0.484. The topological polar surface area (TPSA) is 55.1 Å². The van der Waals surface area contributed by atoms with Gasteiger partial charge in [0, 0.05) is 6.54 Å². The van der Waals surface area contributed by atoms with Crippen LogP contribution in [-0.2, 0) is 13.0 Å². The molecule has 2 amide bonds. The molecule has 0 radical (unpaired) electrons. The maximum atomic E-state index is 10.4. The summed E-state index contributed by atoms with van der Waals surface area (Å²) in [6, 6.07) is 7.59. The first-order chi connectivity index (χ1) is 6.22. The number of rotatable bonds is 3. The minimum Gasteiger partial charge on any atom is -0.352 e. The first-order valence-corrected chi connectivity index (χ1v) is 4.33. The highest BCUT2D eigenvalue weighted by Crippen LogP contribution is 2.05. The van der Waals surface area contributed by atoms with E-state index in [-0.39, 0.29) is 0 Å². The highest BCUT2D eigenvalue weighted by molar-refractivity contribution is 5.71. The summed E-state index contributed by atoms with van der Waals surface area (Å²) in [7, 11) is 0. The number of urea groups is 1. The summed E-state index contributed by atoms with van der Waals surface area (Å²) < 4.78 is 0. The fourth-order valence-electron chi connectivity index (χ4n) is 1.15. The molecule has 3 heteroatoms. The monoisotopic (exact) mass is 178 g/mol. The summed E-state index contributed by atoms with van der Waals surface area (Å²) in [5, 5.41) is 2.55. The molecule has 0 spiro atoms. The van der Waals surface area contributed by atoms with Crippen molar-refractivity contribution in [2.75, 3.05) is 0 Å². The Morgan fingerprint density at radius 2 is 2.15 bits per heavy atom. The van der Waals surface area contributed by atoms with Crippen molar-refractivity contribution in [3.63, 3.8) is 0 Å². The summed E-state index contributed by atoms with van der Waals surface area (Å²) in [5.41, 5.74) is 7.31. The molecule has 0 atom stereocenters. The van der Waals surface area contributed by atoms with Gasteiger partial charge in [-0.3, -0.25) is 0 Å². The van der Waals surface area contributed by atoms with Crippen molar-refractivity contribution >= 4 is 6.03 Å². The van der Waals surface area contributed by atoms with Crippen molar-refractivity contribution in [3.05, 3.63) is 35.4 Å². The molecule has 1 aromatic carbocycles. The lowest BCUT2D eigenvalue weighted by atomic mass is 10.1. The van der Waals surface area contributed by atoms with Crippen LogP contribution in [0.2, 0.25) is 0 Å². The van der Waals surface area contributed by atoms with Crippen LogP contribution in [0.25, 0.3) is 0 Å². The third-order valence-corrected chi connectivity index (χ3v) is 1.87. The Bertz CT molecular complexity index is 297. The maximum absolute atomic E-state index is 10.4. The normalized spacial score (nSPS) is 9.62. The minimum absolute atomic E-state index is 0.484. The van der Waals surface area contributed by atoms with E-state index in [0.29, 0.717) is 6.54 Å². The molecule has 0 fully saturated rings. The van der Waals surface area contributed by atoms with E-state index in [1.807, 2.05) is 12.1 Å². The average molecular weight is 178 g/mol. The third kappa shape index (κ3) is 3.15. The van der Waals surface area contributed by atoms with Crippen molar-refractivity contribution in [1.82, 2.24) is 5.32 Å². The second-order valence-electron chi connectivity index (χ2n) is 2.89. The Morgan fingerprint density at radius 3 is 2.77 bits per heavy atom. The molecule has 1 aromatic rings. The van der Waals surface area contributed by atoms with Crippen LogP contribution in [0, 0.1) is 0 Å². The Morgan fingerprint density at radius 1 is 1.46 bits per heavy atom. The molecule has 3 N–H and O–H groups in total. The van der Waals surface area contributed by atoms with Crippen LogP contribution in [-0.4, -0.2) is 6.03 Å². The second-order valence-corrected chi connectivity index (χ2v) is 2.89. The number of benzene rings is 1. The summed E-state index contributed by atoms with van der Waals surface area (Å²) in [6.45, 7) is 2.60. The Balaban J connectivity index is 2.61. The molecule has 3 nitrogen and oxygen atoms in total. The van der Waals surface area contributed by atoms with Crippen LogP contribution in [0.1, 0.15) is 18.1 Å². The lowest BCUT2D eigenvalue weighted by molar-refractivity contribution is 0.248. The number of amides is 2. The van der Waals surface area contributed by atoms with Crippen LogP contribution >= 0.6 is 0 Å². The van der Waals surface area contributed by atoms with E-state index in [1.165, 1.54) is 5.56 Å². The van der Waals surface area contributed by atoms with Gasteiger partial charge in [0.25, 0.3) is 0 Å². The SMILES string of the molecule is CCc1cccc(CNC(N)=O)c1. The van der Waals surface area contributed by atoms with Gasteiger partial charge in [-0.25, -0.2) is 4.79 Å². The Labute approximate surface area is 77.9 Å². The average Bonchev–Trinajstić information content (AvgIpc) is 2.15. The van der Waals surface area contributed by atoms with Gasteiger partial charge in [0.2, 0.25) is 0 Å². The van der Waals surface area contributed by atoms with E-state index in [2.05, 4.69) is 24.4 Å². The molecular weight excluding hydrogens is 164 g/mol. The second kappa shape index (κ2) is 4.50. The number of nitrogens with two attached hydrogens (primary N) is 1. The number of hydrogen-bond acceptors (Lipinski definition) is 1. The van der Waals surface area contributed by atoms with Gasteiger partial charge in [0.15, 0.2) is 0 Å². The van der Waals surface area contributed by atoms with Crippen molar-refractivity contribution < 1.29 is 4.79 Å². The highest BCUT2D eigenvalue weighted by atomic mass is 16.2. The Hall–Kier alpha value is -1.51. The molecule has 0 saturated carbocycles. The van der Waals surface area contributed by atoms with Gasteiger partial charge in [-0.1, -0.05) is 31.2 Å². The van der Waals surface area contributed by atoms with E-state index < -0.39 is 6.03 Å². The van der Waals surface area contributed by atoms with Crippen LogP contribution in [0.4, 0.5) is 4.79 Å². The Kier molecular flexibility index (Phi) is 3.31. The van der Waals surface area contributed by atoms with Gasteiger partial charge in [-0.05, 0) is 17.5 Å². The van der Waals surface area contributed by atoms with Crippen molar-refractivity contribution in [1.29, 1.82) is 0 Å². The third-order valence-electron chi connectivity index (χ3n) is 1.87. The number of carbonyl (C=O) groups excluding carboxylic acids is 1. The van der Waals surface area contributed by atoms with Crippen LogP contribution in [0.3, 0.4) is 0 Å². The lowest BCUT2D eigenvalue weighted by Gasteiger charge is -2.03. The van der Waals surface area contributed by atoms with E-state index >= 15 is 0 Å². The summed E-state index contributed by atoms with van der Waals surface area (Å²) in [4.78, 5) is 10.4. The zero-order valence-corrected chi connectivity index (χ0v) is 7.71. The molecule has 0 aliphatic carbocycles. The quantitative estimate of drug-likeness (QED) is 0.722. The molecule has 0 saturated heterocycles. The fourth-order valence-corrected chi connectivity index (χ4v) is 1.15. The van der Waals surface area contributed by atoms with Gasteiger partial charge >= 0.3 is 6.03 Å². The zero-order valence-electron chi connectivity index (χ0n) is 7.71. The van der Waals surface area contributed by atoms with Crippen LogP contribution < -0.4 is 11.1 Å². The number of primary amides is 1. The maximum Gasteiger partial charge on any atom is 0.312 e. The van der Waals surface area contributed by atoms with E-state index in [4.69, 9.17) is 5.73 Å². The number of hydrogen-bond donors (Lipinski definition) is 2. The van der Waals surface area contributed by atoms with Gasteiger partial charge in [0.1, 0.15) is 0 Å². The molecule has 0 unspecified atom stereocenters. The van der Waals surface area contributed by atoms with Gasteiger partial charge < -0.3 is 11.1 Å². The molecule has 0 aliphatic rings. The van der Waals surface area contributed by atoms with E-state index in [0.717, 1.165) is 12.0 Å². The van der Waals surface area contributed by atoms with E-state index in [1.54, 1.807) is 0 Å². The first-order valence-electron chi connectivity index (χ1n) is 4.33. The molecule has 13 heavy (non-hydrogen) atoms. The predicted molar refractivity (Wildman–Crippen MR) is 52.2 cm³/mol. The summed E-state index contributed by atoms with van der Waals surface area (Å²) >= 11 is 0.